The van der Waals surface area contributed by atoms with Gasteiger partial charge in [0.15, 0.2) is 0 Å². The molecule has 0 saturated heterocycles. The first-order valence-electron chi connectivity index (χ1n) is 2.85. The van der Waals surface area contributed by atoms with Gasteiger partial charge in [-0.1, -0.05) is 13.2 Å². The van der Waals surface area contributed by atoms with Crippen molar-refractivity contribution in [3.05, 3.63) is 25.7 Å². The summed E-state index contributed by atoms with van der Waals surface area (Å²) in [6.45, 7) is 6.24. The highest BCUT2D eigenvalue weighted by Gasteiger charge is 1.95. The second-order valence-electron chi connectivity index (χ2n) is 1.39. The molecule has 0 heterocycles. The molecule has 0 amide bonds. The third-order valence-electron chi connectivity index (χ3n) is 0.647. The van der Waals surface area contributed by atoms with Gasteiger partial charge >= 0.3 is 11.9 Å². The Morgan fingerprint density at radius 1 is 1.00 bits per heavy atom. The van der Waals surface area contributed by atoms with Gasteiger partial charge < -0.3 is 9.47 Å². The van der Waals surface area contributed by atoms with Crippen LogP contribution in [-0.4, -0.2) is 11.9 Å². The molecular weight excluding hydrogens is 160 g/mol. The molecule has 0 aliphatic rings. The SMILES string of the molecule is C=COC(=O)C#CC(=O)OC=C. The zero-order valence-corrected chi connectivity index (χ0v) is 6.20. The molecule has 0 aliphatic heterocycles. The van der Waals surface area contributed by atoms with Crippen molar-refractivity contribution in [1.29, 1.82) is 0 Å². The van der Waals surface area contributed by atoms with E-state index in [9.17, 15) is 9.59 Å². The molecule has 0 aromatic carbocycles. The van der Waals surface area contributed by atoms with E-state index in [1.54, 1.807) is 0 Å². The number of rotatable bonds is 2. The minimum absolute atomic E-state index is 0.869. The van der Waals surface area contributed by atoms with E-state index < -0.39 is 11.9 Å². The van der Waals surface area contributed by atoms with Crippen molar-refractivity contribution in [3.8, 4) is 11.8 Å². The van der Waals surface area contributed by atoms with Crippen molar-refractivity contribution in [1.82, 2.24) is 0 Å². The van der Waals surface area contributed by atoms with Crippen LogP contribution in [0, 0.1) is 11.8 Å². The van der Waals surface area contributed by atoms with Gasteiger partial charge in [0, 0.05) is 11.8 Å². The van der Waals surface area contributed by atoms with Gasteiger partial charge in [0.2, 0.25) is 0 Å². The number of hydrogen-bond donors (Lipinski definition) is 0. The second-order valence-corrected chi connectivity index (χ2v) is 1.39. The van der Waals surface area contributed by atoms with Crippen molar-refractivity contribution in [2.75, 3.05) is 0 Å². The summed E-state index contributed by atoms with van der Waals surface area (Å²) in [7, 11) is 0. The lowest BCUT2D eigenvalue weighted by atomic mass is 10.6. The number of hydrogen-bond acceptors (Lipinski definition) is 4. The van der Waals surface area contributed by atoms with Crippen LogP contribution < -0.4 is 0 Å². The lowest BCUT2D eigenvalue weighted by Crippen LogP contribution is -1.98. The quantitative estimate of drug-likeness (QED) is 0.257. The van der Waals surface area contributed by atoms with Crippen molar-refractivity contribution >= 4 is 11.9 Å². The molecule has 0 unspecified atom stereocenters. The highest BCUT2D eigenvalue weighted by atomic mass is 16.5. The summed E-state index contributed by atoms with van der Waals surface area (Å²) in [5, 5.41) is 0. The molecular formula is C8H6O4. The molecule has 0 N–H and O–H groups in total. The first kappa shape index (κ1) is 9.98. The Hall–Kier alpha value is -2.02. The highest BCUT2D eigenvalue weighted by molar-refractivity contribution is 5.98. The van der Waals surface area contributed by atoms with E-state index in [4.69, 9.17) is 0 Å². The Labute approximate surface area is 69.5 Å². The van der Waals surface area contributed by atoms with Gasteiger partial charge in [0.25, 0.3) is 0 Å². The summed E-state index contributed by atoms with van der Waals surface area (Å²) in [6, 6.07) is 0. The zero-order chi connectivity index (χ0) is 9.40. The summed E-state index contributed by atoms with van der Waals surface area (Å²) in [4.78, 5) is 20.9. The van der Waals surface area contributed by atoms with Crippen molar-refractivity contribution < 1.29 is 19.1 Å². The van der Waals surface area contributed by atoms with Gasteiger partial charge in [-0.3, -0.25) is 0 Å². The van der Waals surface area contributed by atoms with Crippen LogP contribution in [0.2, 0.25) is 0 Å². The van der Waals surface area contributed by atoms with Gasteiger partial charge in [-0.15, -0.1) is 0 Å². The lowest BCUT2D eigenvalue weighted by Gasteiger charge is -1.86. The monoisotopic (exact) mass is 166 g/mol. The maximum absolute atomic E-state index is 10.5. The predicted molar refractivity (Wildman–Crippen MR) is 40.4 cm³/mol. The third-order valence-corrected chi connectivity index (χ3v) is 0.647. The highest BCUT2D eigenvalue weighted by Crippen LogP contribution is 1.77. The first-order chi connectivity index (χ1) is 5.70. The lowest BCUT2D eigenvalue weighted by molar-refractivity contribution is -0.133. The van der Waals surface area contributed by atoms with Crippen molar-refractivity contribution in [2.24, 2.45) is 0 Å². The fourth-order valence-electron chi connectivity index (χ4n) is 0.312. The van der Waals surface area contributed by atoms with E-state index in [-0.39, 0.29) is 0 Å². The molecule has 0 atom stereocenters. The molecule has 4 heteroatoms. The summed E-state index contributed by atoms with van der Waals surface area (Å²) < 4.78 is 8.38. The van der Waals surface area contributed by atoms with Gasteiger partial charge in [-0.05, 0) is 0 Å². The predicted octanol–water partition coefficient (Wildman–Crippen LogP) is 0.363. The van der Waals surface area contributed by atoms with Crippen LogP contribution in [0.4, 0.5) is 0 Å². The summed E-state index contributed by atoms with van der Waals surface area (Å²) in [5.74, 6) is 1.99. The Bertz CT molecular complexity index is 241. The van der Waals surface area contributed by atoms with Crippen molar-refractivity contribution in [2.45, 2.75) is 0 Å². The van der Waals surface area contributed by atoms with E-state index in [0.717, 1.165) is 12.5 Å². The minimum Gasteiger partial charge on any atom is -0.426 e. The average Bonchev–Trinajstić information content (AvgIpc) is 2.02. The summed E-state index contributed by atoms with van der Waals surface area (Å²) >= 11 is 0. The third kappa shape index (κ3) is 4.82. The molecule has 0 saturated carbocycles. The zero-order valence-electron chi connectivity index (χ0n) is 6.20. The summed E-state index contributed by atoms with van der Waals surface area (Å²) in [5.41, 5.74) is 0. The van der Waals surface area contributed by atoms with Crippen LogP contribution in [-0.2, 0) is 19.1 Å². The molecule has 0 fully saturated rings. The van der Waals surface area contributed by atoms with E-state index in [0.29, 0.717) is 0 Å². The van der Waals surface area contributed by atoms with Crippen LogP contribution in [0.3, 0.4) is 0 Å². The van der Waals surface area contributed by atoms with Gasteiger partial charge in [0.05, 0.1) is 12.5 Å². The van der Waals surface area contributed by atoms with Crippen LogP contribution >= 0.6 is 0 Å². The summed E-state index contributed by atoms with van der Waals surface area (Å²) in [6.07, 6.45) is 1.83. The number of ether oxygens (including phenoxy) is 2. The molecule has 4 nitrogen and oxygen atoms in total. The van der Waals surface area contributed by atoms with Crippen LogP contribution in [0.1, 0.15) is 0 Å². The largest absolute Gasteiger partial charge is 0.426 e. The van der Waals surface area contributed by atoms with E-state index in [1.807, 2.05) is 11.8 Å². The van der Waals surface area contributed by atoms with Gasteiger partial charge in [0.1, 0.15) is 0 Å². The Kier molecular flexibility index (Phi) is 4.77. The first-order valence-corrected chi connectivity index (χ1v) is 2.85. The second kappa shape index (κ2) is 5.74. The average molecular weight is 166 g/mol. The molecule has 12 heavy (non-hydrogen) atoms. The number of carbonyl (C=O) groups excluding carboxylic acids is 2. The van der Waals surface area contributed by atoms with E-state index >= 15 is 0 Å². The smallest absolute Gasteiger partial charge is 0.389 e. The maximum Gasteiger partial charge on any atom is 0.389 e. The minimum atomic E-state index is -0.869. The molecule has 0 aromatic heterocycles. The normalized spacial score (nSPS) is 7.00. The van der Waals surface area contributed by atoms with Crippen LogP contribution in [0.15, 0.2) is 25.7 Å². The maximum atomic E-state index is 10.5. The standard InChI is InChI=1S/C8H6O4/c1-3-11-7(9)5-6-8(10)12-4-2/h3-4H,1-2H2. The molecule has 0 spiro atoms. The Morgan fingerprint density at radius 3 is 1.58 bits per heavy atom. The van der Waals surface area contributed by atoms with Gasteiger partial charge in [-0.2, -0.15) is 0 Å². The van der Waals surface area contributed by atoms with Crippen LogP contribution in [0.5, 0.6) is 0 Å². The molecule has 0 radical (unpaired) electrons. The number of carbonyl (C=O) groups is 2. The topological polar surface area (TPSA) is 52.6 Å². The fourth-order valence-corrected chi connectivity index (χ4v) is 0.312. The van der Waals surface area contributed by atoms with E-state index in [1.165, 1.54) is 0 Å². The van der Waals surface area contributed by atoms with E-state index in [2.05, 4.69) is 22.6 Å². The molecule has 62 valence electrons. The molecule has 0 aliphatic carbocycles. The molecule has 0 rings (SSSR count). The Balaban J connectivity index is 4.01. The fraction of sp³-hybridized carbons (Fsp3) is 0. The number of esters is 2. The van der Waals surface area contributed by atoms with Crippen molar-refractivity contribution in [3.63, 3.8) is 0 Å². The van der Waals surface area contributed by atoms with Gasteiger partial charge in [-0.25, -0.2) is 9.59 Å². The van der Waals surface area contributed by atoms with Crippen LogP contribution in [0.25, 0.3) is 0 Å². The molecule has 0 aromatic rings. The Morgan fingerprint density at radius 2 is 1.33 bits per heavy atom. The molecule has 0 bridgehead atoms.